The predicted octanol–water partition coefficient (Wildman–Crippen LogP) is 9.23. The molecule has 250 valence electrons. The second-order valence-electron chi connectivity index (χ2n) is 16.5. The number of nitrogens with zero attached hydrogens (tertiary/aromatic N) is 4. The summed E-state index contributed by atoms with van der Waals surface area (Å²) in [4.78, 5) is 24.3. The Morgan fingerprint density at radius 3 is 2.46 bits per heavy atom. The molecular formula is C38H55N5O3. The van der Waals surface area contributed by atoms with E-state index in [-0.39, 0.29) is 16.7 Å². The van der Waals surface area contributed by atoms with E-state index in [1.54, 1.807) is 9.42 Å². The van der Waals surface area contributed by atoms with Gasteiger partial charge in [0.25, 0.3) is 5.69 Å². The molecule has 8 heteroatoms. The van der Waals surface area contributed by atoms with E-state index in [4.69, 9.17) is 21.0 Å². The van der Waals surface area contributed by atoms with Gasteiger partial charge in [-0.15, -0.1) is 0 Å². The summed E-state index contributed by atoms with van der Waals surface area (Å²) >= 11 is 0. The maximum atomic E-state index is 13.4. The number of carbonyl (C=O) groups is 1. The quantitative estimate of drug-likeness (QED) is 0.276. The third-order valence-corrected chi connectivity index (χ3v) is 10.3. The highest BCUT2D eigenvalue weighted by Gasteiger charge is 2.43. The molecule has 0 bridgehead atoms. The fraction of sp³-hybridized carbons (Fsp3) is 0.658. The maximum Gasteiger partial charge on any atom is 0.415 e. The molecule has 8 nitrogen and oxygen atoms in total. The van der Waals surface area contributed by atoms with E-state index in [9.17, 15) is 4.79 Å². The Balaban J connectivity index is 1.66. The molecule has 2 aromatic heterocycles. The molecule has 46 heavy (non-hydrogen) atoms. The van der Waals surface area contributed by atoms with Crippen molar-refractivity contribution in [3.05, 3.63) is 46.3 Å². The van der Waals surface area contributed by atoms with E-state index < -0.39 is 6.09 Å². The summed E-state index contributed by atoms with van der Waals surface area (Å²) in [5, 5.41) is 3.45. The minimum atomic E-state index is -0.461. The number of aryl methyl sites for hydroxylation is 1. The third kappa shape index (κ3) is 7.00. The molecule has 2 fully saturated rings. The van der Waals surface area contributed by atoms with Crippen molar-refractivity contribution < 1.29 is 14.3 Å². The molecule has 3 heterocycles. The number of benzene rings is 1. The summed E-state index contributed by atoms with van der Waals surface area (Å²) in [5.41, 5.74) is 5.51. The second kappa shape index (κ2) is 13.1. The van der Waals surface area contributed by atoms with Crippen LogP contribution >= 0.6 is 0 Å². The summed E-state index contributed by atoms with van der Waals surface area (Å²) < 4.78 is 13.3. The summed E-state index contributed by atoms with van der Waals surface area (Å²) in [6.45, 7) is 33.2. The van der Waals surface area contributed by atoms with Crippen LogP contribution in [0, 0.1) is 48.5 Å². The van der Waals surface area contributed by atoms with Crippen molar-refractivity contribution in [3.8, 4) is 17.3 Å². The second-order valence-corrected chi connectivity index (χ2v) is 16.5. The van der Waals surface area contributed by atoms with Gasteiger partial charge in [0.05, 0.1) is 19.8 Å². The molecule has 2 aliphatic rings. The molecule has 3 aromatic rings. The minimum Gasteiger partial charge on any atom is -0.402 e. The number of hydrogen-bond acceptors (Lipinski definition) is 4. The largest absolute Gasteiger partial charge is 0.415 e. The molecule has 1 aliphatic carbocycles. The standard InChI is InChI=1S/C38H55N5O3/c1-23(2)18-27-19-24(3)20-31(38(8,9)10)28(27)22-29-32(39-11)35(46-36(44)42-14-16-45-17-15-42)43-34(29)40-33(41-43)26-13-12-25(4)30(21-26)37(5,6)7/h12-13,21,23-24,27-28,31H,14-20,22H2,1-10H3,(H,40,41). The van der Waals surface area contributed by atoms with Gasteiger partial charge in [-0.3, -0.25) is 5.10 Å². The van der Waals surface area contributed by atoms with Crippen LogP contribution in [0.15, 0.2) is 18.2 Å². The number of rotatable bonds is 6. The molecule has 1 amide bonds. The molecule has 1 N–H and O–H groups in total. The van der Waals surface area contributed by atoms with Gasteiger partial charge in [-0.25, -0.2) is 19.1 Å². The maximum absolute atomic E-state index is 13.4. The topological polar surface area (TPSA) is 76.2 Å². The van der Waals surface area contributed by atoms with Crippen molar-refractivity contribution in [2.75, 3.05) is 26.3 Å². The number of aromatic nitrogens is 3. The molecule has 1 saturated carbocycles. The van der Waals surface area contributed by atoms with Gasteiger partial charge in [0.1, 0.15) is 5.65 Å². The fourth-order valence-corrected chi connectivity index (χ4v) is 8.17. The van der Waals surface area contributed by atoms with Crippen LogP contribution in [-0.2, 0) is 16.6 Å². The Labute approximate surface area is 276 Å². The molecule has 4 unspecified atom stereocenters. The van der Waals surface area contributed by atoms with Crippen molar-refractivity contribution in [1.29, 1.82) is 0 Å². The summed E-state index contributed by atoms with van der Waals surface area (Å²) in [7, 11) is 0. The van der Waals surface area contributed by atoms with Gasteiger partial charge >= 0.3 is 6.09 Å². The van der Waals surface area contributed by atoms with E-state index >= 15 is 0 Å². The highest BCUT2D eigenvalue weighted by Crippen LogP contribution is 2.51. The zero-order valence-corrected chi connectivity index (χ0v) is 29.8. The lowest BCUT2D eigenvalue weighted by atomic mass is 9.57. The third-order valence-electron chi connectivity index (χ3n) is 10.3. The number of aromatic amines is 1. The molecule has 1 aromatic carbocycles. The van der Waals surface area contributed by atoms with Crippen molar-refractivity contribution in [2.24, 2.45) is 35.0 Å². The van der Waals surface area contributed by atoms with Crippen LogP contribution in [0.2, 0.25) is 0 Å². The van der Waals surface area contributed by atoms with E-state index in [1.165, 1.54) is 24.0 Å². The molecule has 1 aliphatic heterocycles. The molecule has 0 spiro atoms. The number of hydrogen-bond donors (Lipinski definition) is 1. The first-order valence-corrected chi connectivity index (χ1v) is 17.2. The molecular weight excluding hydrogens is 574 g/mol. The smallest absolute Gasteiger partial charge is 0.402 e. The van der Waals surface area contributed by atoms with Crippen molar-refractivity contribution in [3.63, 3.8) is 0 Å². The van der Waals surface area contributed by atoms with E-state index in [1.807, 2.05) is 0 Å². The van der Waals surface area contributed by atoms with Crippen LogP contribution in [0.25, 0.3) is 21.9 Å². The number of H-pyrrole nitrogens is 1. The van der Waals surface area contributed by atoms with Crippen LogP contribution in [-0.4, -0.2) is 51.9 Å². The molecule has 5 rings (SSSR count). The van der Waals surface area contributed by atoms with Gasteiger partial charge in [-0.2, -0.15) is 0 Å². The SMILES string of the molecule is [C-]#[N+]c1c(CC2C(CC(C)C)CC(C)CC2C(C)(C)C)c2nc(-c3ccc(C)c(C(C)(C)C)c3)[nH]n2c1OC(=O)N1CCOCC1. The Bertz CT molecular complexity index is 1590. The monoisotopic (exact) mass is 629 g/mol. The Morgan fingerprint density at radius 1 is 1.15 bits per heavy atom. The summed E-state index contributed by atoms with van der Waals surface area (Å²) in [6, 6.07) is 6.44. The first kappa shape index (κ1) is 34.0. The average molecular weight is 630 g/mol. The van der Waals surface area contributed by atoms with Gasteiger partial charge in [0.15, 0.2) is 5.82 Å². The Morgan fingerprint density at radius 2 is 1.85 bits per heavy atom. The lowest BCUT2D eigenvalue weighted by Crippen LogP contribution is -2.42. The van der Waals surface area contributed by atoms with Crippen LogP contribution in [0.5, 0.6) is 5.88 Å². The van der Waals surface area contributed by atoms with Gasteiger partial charge in [0.2, 0.25) is 5.88 Å². The first-order chi connectivity index (χ1) is 21.6. The first-order valence-electron chi connectivity index (χ1n) is 17.2. The lowest BCUT2D eigenvalue weighted by Gasteiger charge is -2.48. The number of amides is 1. The van der Waals surface area contributed by atoms with E-state index in [0.29, 0.717) is 73.1 Å². The van der Waals surface area contributed by atoms with E-state index in [0.717, 1.165) is 24.0 Å². The number of morpholine rings is 1. The minimum absolute atomic E-state index is 0.0264. The van der Waals surface area contributed by atoms with Crippen LogP contribution in [0.1, 0.15) is 98.3 Å². The van der Waals surface area contributed by atoms with Gasteiger partial charge in [-0.05, 0) is 90.2 Å². The number of nitrogens with one attached hydrogen (secondary N) is 1. The van der Waals surface area contributed by atoms with Crippen molar-refractivity contribution >= 4 is 17.4 Å². The highest BCUT2D eigenvalue weighted by molar-refractivity contribution is 5.80. The van der Waals surface area contributed by atoms with Crippen LogP contribution in [0.3, 0.4) is 0 Å². The zero-order chi connectivity index (χ0) is 33.6. The van der Waals surface area contributed by atoms with Gasteiger partial charge in [-0.1, -0.05) is 74.4 Å². The normalized spacial score (nSPS) is 22.8. The number of fused-ring (bicyclic) bond motifs is 1. The zero-order valence-electron chi connectivity index (χ0n) is 29.8. The van der Waals surface area contributed by atoms with E-state index in [2.05, 4.69) is 97.4 Å². The fourth-order valence-electron chi connectivity index (χ4n) is 8.17. The van der Waals surface area contributed by atoms with Crippen molar-refractivity contribution in [2.45, 2.75) is 100 Å². The Hall–Kier alpha value is -3.31. The van der Waals surface area contributed by atoms with Crippen LogP contribution in [0.4, 0.5) is 10.5 Å². The number of carbonyl (C=O) groups excluding carboxylic acids is 1. The number of ether oxygens (including phenoxy) is 2. The highest BCUT2D eigenvalue weighted by atomic mass is 16.6. The average Bonchev–Trinajstić information content (AvgIpc) is 3.51. The van der Waals surface area contributed by atoms with Gasteiger partial charge < -0.3 is 14.4 Å². The lowest BCUT2D eigenvalue weighted by molar-refractivity contribution is 0.0259. The molecule has 1 saturated heterocycles. The van der Waals surface area contributed by atoms with Crippen molar-refractivity contribution in [1.82, 2.24) is 19.5 Å². The van der Waals surface area contributed by atoms with Crippen LogP contribution < -0.4 is 4.74 Å². The summed E-state index contributed by atoms with van der Waals surface area (Å²) in [5.74, 6) is 3.62. The summed E-state index contributed by atoms with van der Waals surface area (Å²) in [6.07, 6.45) is 3.81. The predicted molar refractivity (Wildman–Crippen MR) is 185 cm³/mol. The Kier molecular flexibility index (Phi) is 9.67. The van der Waals surface area contributed by atoms with Gasteiger partial charge in [0, 0.05) is 24.2 Å². The molecule has 4 atom stereocenters. The molecule has 0 radical (unpaired) electrons.